The van der Waals surface area contributed by atoms with Crippen LogP contribution in [0.25, 0.3) is 0 Å². The van der Waals surface area contributed by atoms with Crippen LogP contribution in [0, 0.1) is 18.8 Å². The SMILES string of the molecule is Cc1noc(CC(C)C2CCCNC2)n1.Cl. The molecule has 1 aliphatic rings. The molecule has 16 heavy (non-hydrogen) atoms. The van der Waals surface area contributed by atoms with E-state index in [-0.39, 0.29) is 12.4 Å². The molecule has 1 saturated heterocycles. The van der Waals surface area contributed by atoms with E-state index in [1.165, 1.54) is 19.4 Å². The number of halogens is 1. The summed E-state index contributed by atoms with van der Waals surface area (Å²) < 4.78 is 5.14. The molecule has 0 saturated carbocycles. The van der Waals surface area contributed by atoms with E-state index >= 15 is 0 Å². The molecule has 0 amide bonds. The summed E-state index contributed by atoms with van der Waals surface area (Å²) in [6.45, 7) is 6.44. The second-order valence-electron chi connectivity index (χ2n) is 4.52. The van der Waals surface area contributed by atoms with Crippen molar-refractivity contribution in [3.63, 3.8) is 0 Å². The fraction of sp³-hybridized carbons (Fsp3) is 0.818. The molecule has 0 radical (unpaired) electrons. The number of hydrogen-bond acceptors (Lipinski definition) is 4. The zero-order chi connectivity index (χ0) is 10.7. The summed E-state index contributed by atoms with van der Waals surface area (Å²) in [6, 6.07) is 0. The largest absolute Gasteiger partial charge is 0.339 e. The molecule has 4 nitrogen and oxygen atoms in total. The highest BCUT2D eigenvalue weighted by atomic mass is 35.5. The molecule has 0 bridgehead atoms. The zero-order valence-corrected chi connectivity index (χ0v) is 10.7. The first-order chi connectivity index (χ1) is 7.25. The van der Waals surface area contributed by atoms with Crippen LogP contribution in [0.3, 0.4) is 0 Å². The highest BCUT2D eigenvalue weighted by Gasteiger charge is 2.21. The average molecular weight is 246 g/mol. The number of nitrogens with one attached hydrogen (secondary N) is 1. The molecule has 92 valence electrons. The second kappa shape index (κ2) is 6.21. The van der Waals surface area contributed by atoms with Gasteiger partial charge in [-0.25, -0.2) is 0 Å². The number of hydrogen-bond donors (Lipinski definition) is 1. The first-order valence-corrected chi connectivity index (χ1v) is 5.75. The van der Waals surface area contributed by atoms with Crippen molar-refractivity contribution in [1.82, 2.24) is 15.5 Å². The first-order valence-electron chi connectivity index (χ1n) is 5.75. The van der Waals surface area contributed by atoms with Crippen LogP contribution in [-0.4, -0.2) is 23.2 Å². The van der Waals surface area contributed by atoms with Crippen molar-refractivity contribution < 1.29 is 4.52 Å². The average Bonchev–Trinajstić information content (AvgIpc) is 2.65. The Hall–Kier alpha value is -0.610. The summed E-state index contributed by atoms with van der Waals surface area (Å²) in [6.07, 6.45) is 3.52. The molecule has 0 aliphatic carbocycles. The van der Waals surface area contributed by atoms with Crippen LogP contribution in [0.2, 0.25) is 0 Å². The lowest BCUT2D eigenvalue weighted by Crippen LogP contribution is -2.33. The third-order valence-electron chi connectivity index (χ3n) is 3.21. The fourth-order valence-electron chi connectivity index (χ4n) is 2.23. The van der Waals surface area contributed by atoms with Crippen LogP contribution in [-0.2, 0) is 6.42 Å². The standard InChI is InChI=1S/C11H19N3O.ClH/c1-8(10-4-3-5-12-7-10)6-11-13-9(2)14-15-11;/h8,10,12H,3-7H2,1-2H3;1H. The van der Waals surface area contributed by atoms with E-state index in [1.54, 1.807) is 0 Å². The normalized spacial score (nSPS) is 22.5. The number of piperidine rings is 1. The number of aromatic nitrogens is 2. The Bertz CT molecular complexity index is 310. The second-order valence-corrected chi connectivity index (χ2v) is 4.52. The molecule has 1 aromatic rings. The highest BCUT2D eigenvalue weighted by molar-refractivity contribution is 5.85. The zero-order valence-electron chi connectivity index (χ0n) is 9.90. The van der Waals surface area contributed by atoms with Crippen molar-refractivity contribution in [3.8, 4) is 0 Å². The fourth-order valence-corrected chi connectivity index (χ4v) is 2.23. The van der Waals surface area contributed by atoms with E-state index in [1.807, 2.05) is 6.92 Å². The molecule has 1 aromatic heterocycles. The molecule has 1 N–H and O–H groups in total. The summed E-state index contributed by atoms with van der Waals surface area (Å²) in [5.74, 6) is 2.90. The molecule has 2 atom stereocenters. The molecule has 1 aliphatic heterocycles. The number of rotatable bonds is 3. The Labute approximate surface area is 103 Å². The van der Waals surface area contributed by atoms with Gasteiger partial charge in [0.05, 0.1) is 0 Å². The molecular formula is C11H20ClN3O. The Balaban J connectivity index is 0.00000128. The summed E-state index contributed by atoms with van der Waals surface area (Å²) >= 11 is 0. The molecular weight excluding hydrogens is 226 g/mol. The van der Waals surface area contributed by atoms with Crippen molar-refractivity contribution >= 4 is 12.4 Å². The van der Waals surface area contributed by atoms with Gasteiger partial charge in [-0.2, -0.15) is 4.98 Å². The van der Waals surface area contributed by atoms with Crippen LogP contribution >= 0.6 is 12.4 Å². The lowest BCUT2D eigenvalue weighted by molar-refractivity contribution is 0.256. The molecule has 5 heteroatoms. The maximum absolute atomic E-state index is 5.14. The highest BCUT2D eigenvalue weighted by Crippen LogP contribution is 2.22. The summed E-state index contributed by atoms with van der Waals surface area (Å²) in [5.41, 5.74) is 0. The van der Waals surface area contributed by atoms with Gasteiger partial charge in [0.1, 0.15) is 0 Å². The lowest BCUT2D eigenvalue weighted by Gasteiger charge is -2.27. The number of nitrogens with zero attached hydrogens (tertiary/aromatic N) is 2. The third kappa shape index (κ3) is 3.46. The summed E-state index contributed by atoms with van der Waals surface area (Å²) in [5, 5.41) is 7.25. The Morgan fingerprint density at radius 2 is 2.38 bits per heavy atom. The van der Waals surface area contributed by atoms with Gasteiger partial charge in [-0.15, -0.1) is 12.4 Å². The monoisotopic (exact) mass is 245 g/mol. The van der Waals surface area contributed by atoms with E-state index in [0.29, 0.717) is 5.92 Å². The maximum Gasteiger partial charge on any atom is 0.226 e. The van der Waals surface area contributed by atoms with Crippen molar-refractivity contribution in [2.45, 2.75) is 33.1 Å². The van der Waals surface area contributed by atoms with E-state index < -0.39 is 0 Å². The maximum atomic E-state index is 5.14. The van der Waals surface area contributed by atoms with Gasteiger partial charge in [0.2, 0.25) is 5.89 Å². The van der Waals surface area contributed by atoms with Gasteiger partial charge in [-0.1, -0.05) is 12.1 Å². The van der Waals surface area contributed by atoms with Crippen LogP contribution in [0.1, 0.15) is 31.5 Å². The van der Waals surface area contributed by atoms with Gasteiger partial charge in [-0.05, 0) is 44.7 Å². The van der Waals surface area contributed by atoms with Gasteiger partial charge in [0.25, 0.3) is 0 Å². The van der Waals surface area contributed by atoms with Crippen molar-refractivity contribution in [2.24, 2.45) is 11.8 Å². The quantitative estimate of drug-likeness (QED) is 0.885. The predicted octanol–water partition coefficient (Wildman–Crippen LogP) is 1.98. The lowest BCUT2D eigenvalue weighted by atomic mass is 9.85. The van der Waals surface area contributed by atoms with Gasteiger partial charge in [-0.3, -0.25) is 0 Å². The Morgan fingerprint density at radius 3 is 2.94 bits per heavy atom. The van der Waals surface area contributed by atoms with Crippen molar-refractivity contribution in [1.29, 1.82) is 0 Å². The van der Waals surface area contributed by atoms with Crippen molar-refractivity contribution in [2.75, 3.05) is 13.1 Å². The Morgan fingerprint density at radius 1 is 1.56 bits per heavy atom. The molecule has 2 rings (SSSR count). The van der Waals surface area contributed by atoms with Crippen molar-refractivity contribution in [3.05, 3.63) is 11.7 Å². The topological polar surface area (TPSA) is 51.0 Å². The summed E-state index contributed by atoms with van der Waals surface area (Å²) in [7, 11) is 0. The van der Waals surface area contributed by atoms with E-state index in [2.05, 4.69) is 22.4 Å². The van der Waals surface area contributed by atoms with E-state index in [4.69, 9.17) is 4.52 Å². The third-order valence-corrected chi connectivity index (χ3v) is 3.21. The smallest absolute Gasteiger partial charge is 0.226 e. The van der Waals surface area contributed by atoms with Gasteiger partial charge in [0.15, 0.2) is 5.82 Å². The van der Waals surface area contributed by atoms with E-state index in [0.717, 1.165) is 30.6 Å². The molecule has 0 spiro atoms. The van der Waals surface area contributed by atoms with Crippen LogP contribution in [0.4, 0.5) is 0 Å². The number of aryl methyl sites for hydroxylation is 1. The molecule has 1 fully saturated rings. The minimum absolute atomic E-state index is 0. The molecule has 2 unspecified atom stereocenters. The van der Waals surface area contributed by atoms with Gasteiger partial charge in [0, 0.05) is 6.42 Å². The predicted molar refractivity (Wildman–Crippen MR) is 64.7 cm³/mol. The minimum atomic E-state index is 0. The molecule has 0 aromatic carbocycles. The van der Waals surface area contributed by atoms with Crippen LogP contribution < -0.4 is 5.32 Å². The minimum Gasteiger partial charge on any atom is -0.339 e. The summed E-state index contributed by atoms with van der Waals surface area (Å²) in [4.78, 5) is 4.25. The van der Waals surface area contributed by atoms with Gasteiger partial charge >= 0.3 is 0 Å². The van der Waals surface area contributed by atoms with Crippen LogP contribution in [0.15, 0.2) is 4.52 Å². The molecule has 2 heterocycles. The van der Waals surface area contributed by atoms with Crippen LogP contribution in [0.5, 0.6) is 0 Å². The van der Waals surface area contributed by atoms with E-state index in [9.17, 15) is 0 Å². The first kappa shape index (κ1) is 13.5. The van der Waals surface area contributed by atoms with Gasteiger partial charge < -0.3 is 9.84 Å². The Kier molecular flexibility index (Phi) is 5.22.